The van der Waals surface area contributed by atoms with Crippen LogP contribution in [0, 0.1) is 0 Å². The molecule has 0 N–H and O–H groups in total. The van der Waals surface area contributed by atoms with Crippen molar-refractivity contribution in [3.8, 4) is 0 Å². The van der Waals surface area contributed by atoms with Gasteiger partial charge in [0.05, 0.1) is 6.54 Å². The molecule has 1 atom stereocenters. The van der Waals surface area contributed by atoms with Crippen molar-refractivity contribution in [3.05, 3.63) is 35.9 Å². The number of rotatable bonds is 3. The van der Waals surface area contributed by atoms with Crippen LogP contribution < -0.4 is 0 Å². The zero-order chi connectivity index (χ0) is 10.7. The lowest BCUT2D eigenvalue weighted by Crippen LogP contribution is -2.26. The van der Waals surface area contributed by atoms with E-state index in [1.807, 2.05) is 23.1 Å². The molecule has 15 heavy (non-hydrogen) atoms. The second kappa shape index (κ2) is 4.71. The van der Waals surface area contributed by atoms with Gasteiger partial charge in [-0.25, -0.2) is 8.78 Å². The quantitative estimate of drug-likeness (QED) is 0.743. The van der Waals surface area contributed by atoms with Crippen LogP contribution in [0.25, 0.3) is 0 Å². The lowest BCUT2D eigenvalue weighted by molar-refractivity contribution is 0.0990. The number of halogens is 2. The van der Waals surface area contributed by atoms with E-state index in [-0.39, 0.29) is 6.54 Å². The van der Waals surface area contributed by atoms with E-state index in [1.165, 1.54) is 5.56 Å². The number of likely N-dealkylation sites (tertiary alicyclic amines) is 1. The summed E-state index contributed by atoms with van der Waals surface area (Å²) in [4.78, 5) is 1.85. The van der Waals surface area contributed by atoms with Crippen molar-refractivity contribution in [2.24, 2.45) is 0 Å². The Morgan fingerprint density at radius 2 is 2.00 bits per heavy atom. The van der Waals surface area contributed by atoms with E-state index in [9.17, 15) is 8.78 Å². The van der Waals surface area contributed by atoms with Crippen LogP contribution in [0.5, 0.6) is 0 Å². The third kappa shape index (κ3) is 2.75. The Morgan fingerprint density at radius 1 is 1.27 bits per heavy atom. The SMILES string of the molecule is FC(F)CN1CCC(c2ccccc2)C1. The van der Waals surface area contributed by atoms with E-state index in [4.69, 9.17) is 0 Å². The molecule has 3 heteroatoms. The van der Waals surface area contributed by atoms with Gasteiger partial charge in [-0.2, -0.15) is 0 Å². The van der Waals surface area contributed by atoms with Crippen LogP contribution >= 0.6 is 0 Å². The Kier molecular flexibility index (Phi) is 3.31. The fourth-order valence-electron chi connectivity index (χ4n) is 2.19. The predicted octanol–water partition coefficient (Wildman–Crippen LogP) is 2.74. The normalized spacial score (nSPS) is 22.5. The summed E-state index contributed by atoms with van der Waals surface area (Å²) < 4.78 is 24.3. The van der Waals surface area contributed by atoms with E-state index >= 15 is 0 Å². The molecule has 1 unspecified atom stereocenters. The molecule has 0 aliphatic carbocycles. The molecule has 1 aromatic carbocycles. The second-order valence-electron chi connectivity index (χ2n) is 4.05. The molecule has 0 saturated carbocycles. The van der Waals surface area contributed by atoms with Gasteiger partial charge in [-0.15, -0.1) is 0 Å². The van der Waals surface area contributed by atoms with Crippen LogP contribution in [0.4, 0.5) is 8.78 Å². The molecule has 0 bridgehead atoms. The van der Waals surface area contributed by atoms with E-state index in [0.29, 0.717) is 5.92 Å². The summed E-state index contributed by atoms with van der Waals surface area (Å²) in [7, 11) is 0. The summed E-state index contributed by atoms with van der Waals surface area (Å²) in [5.74, 6) is 0.435. The topological polar surface area (TPSA) is 3.24 Å². The number of alkyl halides is 2. The Hall–Kier alpha value is -0.960. The Bertz CT molecular complexity index is 300. The zero-order valence-electron chi connectivity index (χ0n) is 8.57. The summed E-state index contributed by atoms with van der Waals surface area (Å²) in [5, 5.41) is 0. The van der Waals surface area contributed by atoms with Gasteiger partial charge >= 0.3 is 0 Å². The van der Waals surface area contributed by atoms with Crippen molar-refractivity contribution in [3.63, 3.8) is 0 Å². The highest BCUT2D eigenvalue weighted by Crippen LogP contribution is 2.26. The van der Waals surface area contributed by atoms with Crippen molar-refractivity contribution in [1.82, 2.24) is 4.90 Å². The molecule has 0 aromatic heterocycles. The van der Waals surface area contributed by atoms with E-state index in [0.717, 1.165) is 19.5 Å². The standard InChI is InChI=1S/C12H15F2N/c13-12(14)9-15-7-6-11(8-15)10-4-2-1-3-5-10/h1-5,11-12H,6-9H2. The van der Waals surface area contributed by atoms with Crippen molar-refractivity contribution in [1.29, 1.82) is 0 Å². The lowest BCUT2D eigenvalue weighted by atomic mass is 9.99. The second-order valence-corrected chi connectivity index (χ2v) is 4.05. The summed E-state index contributed by atoms with van der Waals surface area (Å²) in [6.45, 7) is 1.49. The zero-order valence-corrected chi connectivity index (χ0v) is 8.57. The molecule has 82 valence electrons. The van der Waals surface area contributed by atoms with Gasteiger partial charge < -0.3 is 0 Å². The number of benzene rings is 1. The molecular formula is C12H15F2N. The van der Waals surface area contributed by atoms with Crippen LogP contribution in [0.1, 0.15) is 17.9 Å². The molecule has 0 amide bonds. The minimum Gasteiger partial charge on any atom is -0.297 e. The maximum Gasteiger partial charge on any atom is 0.251 e. The molecule has 0 spiro atoms. The summed E-state index contributed by atoms with van der Waals surface area (Å²) in [6.07, 6.45) is -1.21. The van der Waals surface area contributed by atoms with Gasteiger partial charge in [0.1, 0.15) is 0 Å². The highest BCUT2D eigenvalue weighted by atomic mass is 19.3. The smallest absolute Gasteiger partial charge is 0.251 e. The number of hydrogen-bond donors (Lipinski definition) is 0. The summed E-state index contributed by atoms with van der Waals surface area (Å²) in [5.41, 5.74) is 1.27. The van der Waals surface area contributed by atoms with Gasteiger partial charge in [-0.3, -0.25) is 4.90 Å². The molecular weight excluding hydrogens is 196 g/mol. The maximum absolute atomic E-state index is 12.2. The first-order valence-electron chi connectivity index (χ1n) is 5.31. The molecule has 1 saturated heterocycles. The van der Waals surface area contributed by atoms with Crippen molar-refractivity contribution >= 4 is 0 Å². The Labute approximate surface area is 88.7 Å². The largest absolute Gasteiger partial charge is 0.297 e. The first kappa shape index (κ1) is 10.6. The molecule has 1 aromatic rings. The van der Waals surface area contributed by atoms with E-state index in [1.54, 1.807) is 0 Å². The predicted molar refractivity (Wildman–Crippen MR) is 56.2 cm³/mol. The van der Waals surface area contributed by atoms with Crippen LogP contribution in [0.15, 0.2) is 30.3 Å². The van der Waals surface area contributed by atoms with Crippen molar-refractivity contribution in [2.45, 2.75) is 18.8 Å². The first-order chi connectivity index (χ1) is 7.25. The van der Waals surface area contributed by atoms with Crippen molar-refractivity contribution in [2.75, 3.05) is 19.6 Å². The molecule has 1 aliphatic rings. The maximum atomic E-state index is 12.2. The van der Waals surface area contributed by atoms with Crippen molar-refractivity contribution < 1.29 is 8.78 Å². The third-order valence-electron chi connectivity index (χ3n) is 2.94. The average molecular weight is 211 g/mol. The highest BCUT2D eigenvalue weighted by molar-refractivity contribution is 5.20. The third-order valence-corrected chi connectivity index (χ3v) is 2.94. The minimum absolute atomic E-state index is 0.0800. The van der Waals surface area contributed by atoms with Gasteiger partial charge in [0.15, 0.2) is 0 Å². The van der Waals surface area contributed by atoms with Crippen LogP contribution in [0.2, 0.25) is 0 Å². The molecule has 0 radical (unpaired) electrons. The average Bonchev–Trinajstić information content (AvgIpc) is 2.67. The van der Waals surface area contributed by atoms with E-state index < -0.39 is 6.43 Å². The van der Waals surface area contributed by atoms with Gasteiger partial charge in [-0.1, -0.05) is 30.3 Å². The number of hydrogen-bond acceptors (Lipinski definition) is 1. The molecule has 1 fully saturated rings. The van der Waals surface area contributed by atoms with Gasteiger partial charge in [-0.05, 0) is 24.4 Å². The lowest BCUT2D eigenvalue weighted by Gasteiger charge is -2.15. The summed E-state index contributed by atoms with van der Waals surface area (Å²) >= 11 is 0. The Balaban J connectivity index is 1.93. The van der Waals surface area contributed by atoms with Gasteiger partial charge in [0, 0.05) is 6.54 Å². The fraction of sp³-hybridized carbons (Fsp3) is 0.500. The molecule has 1 nitrogen and oxygen atoms in total. The monoisotopic (exact) mass is 211 g/mol. The molecule has 1 aliphatic heterocycles. The van der Waals surface area contributed by atoms with E-state index in [2.05, 4.69) is 12.1 Å². The number of nitrogens with zero attached hydrogens (tertiary/aromatic N) is 1. The highest BCUT2D eigenvalue weighted by Gasteiger charge is 2.25. The fourth-order valence-corrected chi connectivity index (χ4v) is 2.19. The van der Waals surface area contributed by atoms with Crippen LogP contribution in [0.3, 0.4) is 0 Å². The van der Waals surface area contributed by atoms with Crippen LogP contribution in [-0.2, 0) is 0 Å². The minimum atomic E-state index is -2.21. The van der Waals surface area contributed by atoms with Crippen LogP contribution in [-0.4, -0.2) is 31.0 Å². The van der Waals surface area contributed by atoms with Gasteiger partial charge in [0.2, 0.25) is 0 Å². The molecule has 1 heterocycles. The van der Waals surface area contributed by atoms with Gasteiger partial charge in [0.25, 0.3) is 6.43 Å². The first-order valence-corrected chi connectivity index (χ1v) is 5.31. The summed E-state index contributed by atoms with van der Waals surface area (Å²) in [6, 6.07) is 10.2. The Morgan fingerprint density at radius 3 is 2.67 bits per heavy atom. The molecule has 2 rings (SSSR count).